The van der Waals surface area contributed by atoms with Crippen LogP contribution in [0, 0.1) is 22.2 Å². The van der Waals surface area contributed by atoms with Gasteiger partial charge in [-0.2, -0.15) is 13.2 Å². The number of halogens is 3. The number of nitrogens with zero attached hydrogens (tertiary/aromatic N) is 5. The van der Waals surface area contributed by atoms with E-state index in [1.54, 1.807) is 35.5 Å². The number of methoxy groups -OCH3 is 1. The summed E-state index contributed by atoms with van der Waals surface area (Å²) in [6, 6.07) is 6.03. The number of hydrogen-bond donors (Lipinski definition) is 2. The molecule has 3 aromatic heterocycles. The van der Waals surface area contributed by atoms with Crippen molar-refractivity contribution in [3.63, 3.8) is 0 Å². The number of ether oxygens (including phenoxy) is 4. The number of likely N-dealkylation sites (tertiary alicyclic amines) is 1. The van der Waals surface area contributed by atoms with Gasteiger partial charge in [-0.3, -0.25) is 29.3 Å². The van der Waals surface area contributed by atoms with Crippen LogP contribution in [0.1, 0.15) is 88.7 Å². The van der Waals surface area contributed by atoms with Crippen molar-refractivity contribution in [1.29, 1.82) is 0 Å². The van der Waals surface area contributed by atoms with E-state index in [0.29, 0.717) is 102 Å². The molecule has 2 amide bonds. The number of thiazole rings is 1. The van der Waals surface area contributed by atoms with Gasteiger partial charge in [-0.25, -0.2) is 10.4 Å². The molecule has 10 heterocycles. The molecular weight excluding hydrogens is 876 g/mol. The minimum absolute atomic E-state index is 0.0520. The van der Waals surface area contributed by atoms with Crippen LogP contribution in [0.4, 0.5) is 13.2 Å². The van der Waals surface area contributed by atoms with Crippen molar-refractivity contribution in [2.24, 2.45) is 22.2 Å². The van der Waals surface area contributed by atoms with Gasteiger partial charge in [0.2, 0.25) is 0 Å². The molecule has 5 atom stereocenters. The molecule has 9 aliphatic rings. The molecule has 0 unspecified atom stereocenters. The Morgan fingerprint density at radius 3 is 2.53 bits per heavy atom. The largest absolute Gasteiger partial charge is 0.464 e. The van der Waals surface area contributed by atoms with Gasteiger partial charge in [0.1, 0.15) is 29.2 Å². The number of hydrogen-bond acceptors (Lipinski definition) is 12. The lowest BCUT2D eigenvalue weighted by Crippen LogP contribution is -2.74. The Morgan fingerprint density at radius 2 is 1.86 bits per heavy atom. The first-order valence-corrected chi connectivity index (χ1v) is 23.9. The van der Waals surface area contributed by atoms with Crippen molar-refractivity contribution < 1.29 is 46.5 Å². The molecule has 8 fully saturated rings. The quantitative estimate of drug-likeness (QED) is 0.195. The van der Waals surface area contributed by atoms with Crippen molar-refractivity contribution >= 4 is 40.0 Å². The van der Waals surface area contributed by atoms with Crippen molar-refractivity contribution in [2.45, 2.75) is 121 Å². The van der Waals surface area contributed by atoms with E-state index in [0.717, 1.165) is 0 Å². The van der Waals surface area contributed by atoms with Gasteiger partial charge in [-0.1, -0.05) is 26.8 Å². The molecule has 18 heteroatoms. The molecule has 14 nitrogen and oxygen atoms in total. The number of carbonyl (C=O) groups excluding carboxylic acids is 3. The lowest BCUT2D eigenvalue weighted by atomic mass is 9.61. The highest BCUT2D eigenvalue weighted by atomic mass is 32.1. The number of esters is 1. The van der Waals surface area contributed by atoms with Gasteiger partial charge >= 0.3 is 12.1 Å². The van der Waals surface area contributed by atoms with Crippen LogP contribution in [0.25, 0.3) is 33.4 Å². The molecule has 4 aromatic rings. The maximum Gasteiger partial charge on any atom is 0.406 e. The second-order valence-corrected chi connectivity index (χ2v) is 22.2. The normalized spacial score (nSPS) is 32.7. The number of fused-ring (bicyclic) bond motifs is 5. The minimum Gasteiger partial charge on any atom is -0.464 e. The molecule has 2 aliphatic carbocycles. The third kappa shape index (κ3) is 7.10. The van der Waals surface area contributed by atoms with Crippen molar-refractivity contribution in [1.82, 2.24) is 35.2 Å². The standard InChI is InChI=1S/C48H56F3N7O7S/c1-25(62-6)35-30(8-7-11-52-35)38-32-15-44(3,4)22-64-42(60)36-28-12-29(13-28)58(55-36)41(59)37(54-43(61)47-17-45(5,18-47)26(2)65-47)39(56-19-46(20-56)23-63-24-46)40-53-33(16-66-40)27-9-10-34(31(32)14-27)57(38)21-48(49,50)51/h7-11,14,16,25-26,28-29,36-37,39,55H,12-13,15,17-24H2,1-6H3,(H,54,61)/t25-,26-,28?,29?,36-,37-,39-,45?,47?/m0/s1. The number of pyridine rings is 1. The van der Waals surface area contributed by atoms with Crippen LogP contribution in [0.2, 0.25) is 0 Å². The molecule has 2 N–H and O–H groups in total. The maximum atomic E-state index is 15.4. The number of benzene rings is 1. The summed E-state index contributed by atoms with van der Waals surface area (Å²) >= 11 is 1.37. The predicted molar refractivity (Wildman–Crippen MR) is 237 cm³/mol. The molecule has 2 saturated carbocycles. The molecule has 6 saturated heterocycles. The number of alkyl halides is 3. The first kappa shape index (κ1) is 44.1. The number of nitrogens with one attached hydrogen (secondary N) is 2. The van der Waals surface area contributed by atoms with Gasteiger partial charge in [0.15, 0.2) is 0 Å². The zero-order valence-corrected chi connectivity index (χ0v) is 38.8. The van der Waals surface area contributed by atoms with E-state index in [2.05, 4.69) is 27.6 Å². The van der Waals surface area contributed by atoms with Gasteiger partial charge in [-0.05, 0) is 81.7 Å². The van der Waals surface area contributed by atoms with E-state index >= 15 is 4.79 Å². The summed E-state index contributed by atoms with van der Waals surface area (Å²) in [5, 5.41) is 7.88. The molecule has 10 bridgehead atoms. The Balaban J connectivity index is 1.08. The highest BCUT2D eigenvalue weighted by Gasteiger charge is 2.68. The van der Waals surface area contributed by atoms with Gasteiger partial charge < -0.3 is 28.8 Å². The summed E-state index contributed by atoms with van der Waals surface area (Å²) in [5.74, 6) is -1.31. The maximum absolute atomic E-state index is 15.4. The van der Waals surface area contributed by atoms with E-state index in [1.165, 1.54) is 23.0 Å². The van der Waals surface area contributed by atoms with Gasteiger partial charge in [0, 0.05) is 76.1 Å². The Morgan fingerprint density at radius 1 is 1.11 bits per heavy atom. The van der Waals surface area contributed by atoms with Crippen LogP contribution in [0.15, 0.2) is 41.9 Å². The topological polar surface area (TPSA) is 149 Å². The van der Waals surface area contributed by atoms with E-state index in [-0.39, 0.29) is 53.7 Å². The highest BCUT2D eigenvalue weighted by Crippen LogP contribution is 2.61. The van der Waals surface area contributed by atoms with E-state index < -0.39 is 53.9 Å². The van der Waals surface area contributed by atoms with Crippen LogP contribution >= 0.6 is 11.3 Å². The third-order valence-electron chi connectivity index (χ3n) is 15.8. The Kier molecular flexibility index (Phi) is 10.2. The fourth-order valence-electron chi connectivity index (χ4n) is 12.0. The van der Waals surface area contributed by atoms with Gasteiger partial charge in [-0.15, -0.1) is 11.3 Å². The average Bonchev–Trinajstić information content (AvgIpc) is 3.95. The summed E-state index contributed by atoms with van der Waals surface area (Å²) in [5.41, 5.74) is 4.87. The van der Waals surface area contributed by atoms with Crippen molar-refractivity contribution in [2.75, 3.05) is 40.0 Å². The van der Waals surface area contributed by atoms with Crippen molar-refractivity contribution in [3.05, 3.63) is 58.2 Å². The lowest BCUT2D eigenvalue weighted by Gasteiger charge is -2.58. The molecular formula is C48H56F3N7O7S. The Labute approximate surface area is 384 Å². The molecule has 352 valence electrons. The molecule has 7 aliphatic heterocycles. The second kappa shape index (κ2) is 15.3. The SMILES string of the molecule is CO[C@@H](C)c1ncccc1-c1c2c3cc(ccc3n1CC(F)(F)F)-c1csc(n1)[C@@H](N1CC3(COC3)C1)[C@H](NC(=O)C13CC(C)(C1)[C@H](C)O3)C(=O)N1N[C@H](C(=O)OCC(C)(C)C2)C2CC1C2. The summed E-state index contributed by atoms with van der Waals surface area (Å²) in [4.78, 5) is 56.3. The summed E-state index contributed by atoms with van der Waals surface area (Å²) in [6.07, 6.45) is -1.14. The van der Waals surface area contributed by atoms with Crippen LogP contribution in [-0.4, -0.2) is 118 Å². The summed E-state index contributed by atoms with van der Waals surface area (Å²) in [7, 11) is 1.54. The monoisotopic (exact) mass is 931 g/mol. The molecule has 0 radical (unpaired) electrons. The first-order valence-electron chi connectivity index (χ1n) is 23.0. The fourth-order valence-corrected chi connectivity index (χ4v) is 13.0. The van der Waals surface area contributed by atoms with Crippen LogP contribution in [-0.2, 0) is 46.3 Å². The van der Waals surface area contributed by atoms with E-state index in [1.807, 2.05) is 39.1 Å². The number of rotatable bonds is 7. The number of cyclic esters (lactones) is 1. The van der Waals surface area contributed by atoms with Crippen molar-refractivity contribution in [3.8, 4) is 22.5 Å². The molecule has 13 rings (SSSR count). The van der Waals surface area contributed by atoms with Gasteiger partial charge in [0.05, 0.1) is 55.2 Å². The number of aromatic nitrogens is 3. The van der Waals surface area contributed by atoms with Crippen LogP contribution in [0.5, 0.6) is 0 Å². The zero-order chi connectivity index (χ0) is 46.3. The molecule has 1 aromatic carbocycles. The van der Waals surface area contributed by atoms with Crippen LogP contribution in [0.3, 0.4) is 0 Å². The lowest BCUT2D eigenvalue weighted by molar-refractivity contribution is -0.204. The Hall–Kier alpha value is -4.46. The summed E-state index contributed by atoms with van der Waals surface area (Å²) in [6.45, 7) is 10.9. The zero-order valence-electron chi connectivity index (χ0n) is 38.0. The smallest absolute Gasteiger partial charge is 0.406 e. The minimum atomic E-state index is -4.58. The first-order chi connectivity index (χ1) is 31.3. The summed E-state index contributed by atoms with van der Waals surface area (Å²) < 4.78 is 69.5. The molecule has 66 heavy (non-hydrogen) atoms. The number of amides is 2. The van der Waals surface area contributed by atoms with E-state index in [9.17, 15) is 22.8 Å². The van der Waals surface area contributed by atoms with E-state index in [4.69, 9.17) is 23.9 Å². The predicted octanol–water partition coefficient (Wildman–Crippen LogP) is 6.53. The number of carbonyl (C=O) groups is 3. The van der Waals surface area contributed by atoms with Crippen LogP contribution < -0.4 is 10.7 Å². The second-order valence-electron chi connectivity index (χ2n) is 21.4. The fraction of sp³-hybridized carbons (Fsp3) is 0.604. The highest BCUT2D eigenvalue weighted by molar-refractivity contribution is 7.10. The Bertz CT molecular complexity index is 2620. The third-order valence-corrected chi connectivity index (χ3v) is 16.7. The van der Waals surface area contributed by atoms with Gasteiger partial charge in [0.25, 0.3) is 11.8 Å². The average molecular weight is 932 g/mol. The molecule has 1 spiro atoms. The number of hydrazine groups is 1.